The van der Waals surface area contributed by atoms with Crippen molar-refractivity contribution in [3.63, 3.8) is 0 Å². The van der Waals surface area contributed by atoms with Crippen LogP contribution < -0.4 is 9.47 Å². The van der Waals surface area contributed by atoms with E-state index in [1.807, 2.05) is 60.8 Å². The number of methoxy groups -OCH3 is 1. The molecule has 0 aliphatic carbocycles. The van der Waals surface area contributed by atoms with Crippen LogP contribution in [0.4, 0.5) is 0 Å². The second-order valence-corrected chi connectivity index (χ2v) is 4.21. The first-order valence-corrected chi connectivity index (χ1v) is 6.28. The number of hydrogen-bond acceptors (Lipinski definition) is 3. The van der Waals surface area contributed by atoms with E-state index in [4.69, 9.17) is 9.47 Å². The molecule has 4 heteroatoms. The number of aromatic nitrogens is 2. The minimum atomic E-state index is 0.665. The van der Waals surface area contributed by atoms with E-state index in [9.17, 15) is 0 Å². The first kappa shape index (κ1) is 12.3. The highest BCUT2D eigenvalue weighted by molar-refractivity contribution is 5.42. The standard InChI is InChI=1S/C16H14N2O2/c1-19-15-9-5-6-10-16(15)20-14-11-17-18(12-14)13-7-3-2-4-8-13/h2-12H,1H3. The first-order chi connectivity index (χ1) is 9.86. The quantitative estimate of drug-likeness (QED) is 0.722. The van der Waals surface area contributed by atoms with E-state index in [0.29, 0.717) is 17.2 Å². The van der Waals surface area contributed by atoms with Crippen molar-refractivity contribution in [3.8, 4) is 22.9 Å². The Morgan fingerprint density at radius 2 is 1.60 bits per heavy atom. The normalized spacial score (nSPS) is 10.2. The maximum absolute atomic E-state index is 5.79. The van der Waals surface area contributed by atoms with Crippen LogP contribution in [0.3, 0.4) is 0 Å². The van der Waals surface area contributed by atoms with Crippen molar-refractivity contribution in [2.45, 2.75) is 0 Å². The molecule has 1 heterocycles. The average molecular weight is 266 g/mol. The zero-order chi connectivity index (χ0) is 13.8. The number of ether oxygens (including phenoxy) is 2. The van der Waals surface area contributed by atoms with Crippen LogP contribution in [0.25, 0.3) is 5.69 Å². The fourth-order valence-corrected chi connectivity index (χ4v) is 1.91. The Hall–Kier alpha value is -2.75. The summed E-state index contributed by atoms with van der Waals surface area (Å²) in [6, 6.07) is 17.4. The molecule has 3 aromatic rings. The Morgan fingerprint density at radius 1 is 0.900 bits per heavy atom. The number of hydrogen-bond donors (Lipinski definition) is 0. The van der Waals surface area contributed by atoms with Gasteiger partial charge in [-0.1, -0.05) is 30.3 Å². The fourth-order valence-electron chi connectivity index (χ4n) is 1.91. The minimum absolute atomic E-state index is 0.665. The SMILES string of the molecule is COc1ccccc1Oc1cnn(-c2ccccc2)c1. The van der Waals surface area contributed by atoms with Crippen LogP contribution in [0.2, 0.25) is 0 Å². The molecule has 3 rings (SSSR count). The zero-order valence-corrected chi connectivity index (χ0v) is 11.1. The molecule has 0 aliphatic rings. The number of nitrogens with zero attached hydrogens (tertiary/aromatic N) is 2. The Labute approximate surface area is 117 Å². The third kappa shape index (κ3) is 2.49. The molecule has 2 aromatic carbocycles. The first-order valence-electron chi connectivity index (χ1n) is 6.28. The van der Waals surface area contributed by atoms with Crippen molar-refractivity contribution >= 4 is 0 Å². The summed E-state index contributed by atoms with van der Waals surface area (Å²) in [7, 11) is 1.62. The monoisotopic (exact) mass is 266 g/mol. The predicted octanol–water partition coefficient (Wildman–Crippen LogP) is 3.67. The number of rotatable bonds is 4. The molecule has 0 N–H and O–H groups in total. The van der Waals surface area contributed by atoms with Gasteiger partial charge in [0.05, 0.1) is 25.2 Å². The van der Waals surface area contributed by atoms with Crippen molar-refractivity contribution in [1.82, 2.24) is 9.78 Å². The molecule has 0 atom stereocenters. The lowest BCUT2D eigenvalue weighted by Crippen LogP contribution is -1.92. The molecule has 0 saturated carbocycles. The molecule has 100 valence electrons. The summed E-state index contributed by atoms with van der Waals surface area (Å²) < 4.78 is 12.8. The summed E-state index contributed by atoms with van der Waals surface area (Å²) in [5.41, 5.74) is 0.988. The summed E-state index contributed by atoms with van der Waals surface area (Å²) >= 11 is 0. The van der Waals surface area contributed by atoms with Gasteiger partial charge in [0.2, 0.25) is 0 Å². The Kier molecular flexibility index (Phi) is 3.37. The minimum Gasteiger partial charge on any atom is -0.493 e. The van der Waals surface area contributed by atoms with Gasteiger partial charge in [-0.3, -0.25) is 0 Å². The molecule has 0 radical (unpaired) electrons. The third-order valence-corrected chi connectivity index (χ3v) is 2.88. The van der Waals surface area contributed by atoms with Gasteiger partial charge in [0.25, 0.3) is 0 Å². The van der Waals surface area contributed by atoms with E-state index in [2.05, 4.69) is 5.10 Å². The fraction of sp³-hybridized carbons (Fsp3) is 0.0625. The van der Waals surface area contributed by atoms with Gasteiger partial charge in [-0.05, 0) is 24.3 Å². The van der Waals surface area contributed by atoms with Gasteiger partial charge in [0.1, 0.15) is 0 Å². The van der Waals surface area contributed by atoms with Crippen molar-refractivity contribution < 1.29 is 9.47 Å². The summed E-state index contributed by atoms with van der Waals surface area (Å²) in [6.07, 6.45) is 3.52. The van der Waals surface area contributed by atoms with Gasteiger partial charge in [-0.15, -0.1) is 0 Å². The van der Waals surface area contributed by atoms with Crippen molar-refractivity contribution in [3.05, 3.63) is 67.0 Å². The second kappa shape index (κ2) is 5.48. The molecule has 0 bridgehead atoms. The van der Waals surface area contributed by atoms with Crippen LogP contribution in [-0.2, 0) is 0 Å². The van der Waals surface area contributed by atoms with Crippen molar-refractivity contribution in [2.75, 3.05) is 7.11 Å². The Balaban J connectivity index is 1.84. The van der Waals surface area contributed by atoms with Crippen molar-refractivity contribution in [2.24, 2.45) is 0 Å². The van der Waals surface area contributed by atoms with Crippen LogP contribution in [0, 0.1) is 0 Å². The van der Waals surface area contributed by atoms with E-state index in [1.165, 1.54) is 0 Å². The average Bonchev–Trinajstić information content (AvgIpc) is 2.97. The smallest absolute Gasteiger partial charge is 0.169 e. The molecule has 20 heavy (non-hydrogen) atoms. The molecule has 0 saturated heterocycles. The number of benzene rings is 2. The Morgan fingerprint density at radius 3 is 2.35 bits per heavy atom. The van der Waals surface area contributed by atoms with Crippen LogP contribution in [0.1, 0.15) is 0 Å². The lowest BCUT2D eigenvalue weighted by molar-refractivity contribution is 0.379. The van der Waals surface area contributed by atoms with Crippen molar-refractivity contribution in [1.29, 1.82) is 0 Å². The highest BCUT2D eigenvalue weighted by Gasteiger charge is 2.06. The largest absolute Gasteiger partial charge is 0.493 e. The summed E-state index contributed by atoms with van der Waals surface area (Å²) in [5, 5.41) is 4.29. The molecule has 0 unspecified atom stereocenters. The van der Waals surface area contributed by atoms with Gasteiger partial charge in [0.15, 0.2) is 17.2 Å². The molecule has 4 nitrogen and oxygen atoms in total. The topological polar surface area (TPSA) is 36.3 Å². The van der Waals surface area contributed by atoms with E-state index >= 15 is 0 Å². The number of para-hydroxylation sites is 3. The molecule has 0 fully saturated rings. The van der Waals surface area contributed by atoms with Gasteiger partial charge < -0.3 is 9.47 Å². The van der Waals surface area contributed by atoms with E-state index in [0.717, 1.165) is 5.69 Å². The maximum Gasteiger partial charge on any atom is 0.169 e. The molecular formula is C16H14N2O2. The molecule has 1 aromatic heterocycles. The highest BCUT2D eigenvalue weighted by Crippen LogP contribution is 2.30. The highest BCUT2D eigenvalue weighted by atomic mass is 16.5. The molecule has 0 amide bonds. The second-order valence-electron chi connectivity index (χ2n) is 4.21. The third-order valence-electron chi connectivity index (χ3n) is 2.88. The summed E-state index contributed by atoms with van der Waals surface area (Å²) in [6.45, 7) is 0. The van der Waals surface area contributed by atoms with E-state index < -0.39 is 0 Å². The van der Waals surface area contributed by atoms with Gasteiger partial charge in [-0.25, -0.2) is 4.68 Å². The van der Waals surface area contributed by atoms with Crippen LogP contribution >= 0.6 is 0 Å². The summed E-state index contributed by atoms with van der Waals surface area (Å²) in [5.74, 6) is 2.03. The van der Waals surface area contributed by atoms with Gasteiger partial charge in [-0.2, -0.15) is 5.10 Å². The lowest BCUT2D eigenvalue weighted by atomic mass is 10.3. The zero-order valence-electron chi connectivity index (χ0n) is 11.1. The van der Waals surface area contributed by atoms with E-state index in [1.54, 1.807) is 18.0 Å². The van der Waals surface area contributed by atoms with E-state index in [-0.39, 0.29) is 0 Å². The molecule has 0 spiro atoms. The van der Waals surface area contributed by atoms with Gasteiger partial charge >= 0.3 is 0 Å². The Bertz CT molecular complexity index is 692. The molecular weight excluding hydrogens is 252 g/mol. The van der Waals surface area contributed by atoms with Gasteiger partial charge in [0, 0.05) is 0 Å². The maximum atomic E-state index is 5.79. The molecule has 0 aliphatic heterocycles. The summed E-state index contributed by atoms with van der Waals surface area (Å²) in [4.78, 5) is 0. The predicted molar refractivity (Wildman–Crippen MR) is 76.6 cm³/mol. The van der Waals surface area contributed by atoms with Crippen LogP contribution in [0.15, 0.2) is 67.0 Å². The van der Waals surface area contributed by atoms with Crippen LogP contribution in [0.5, 0.6) is 17.2 Å². The lowest BCUT2D eigenvalue weighted by Gasteiger charge is -2.07. The van der Waals surface area contributed by atoms with Crippen LogP contribution in [-0.4, -0.2) is 16.9 Å².